The van der Waals surface area contributed by atoms with Crippen molar-refractivity contribution in [1.29, 1.82) is 0 Å². The molecule has 0 radical (unpaired) electrons. The van der Waals surface area contributed by atoms with Crippen molar-refractivity contribution in [3.63, 3.8) is 0 Å². The molecule has 0 bridgehead atoms. The molecule has 0 spiro atoms. The van der Waals surface area contributed by atoms with Crippen LogP contribution in [0.4, 0.5) is 10.5 Å². The average molecular weight is 293 g/mol. The van der Waals surface area contributed by atoms with Gasteiger partial charge in [-0.05, 0) is 30.0 Å². The van der Waals surface area contributed by atoms with E-state index in [0.29, 0.717) is 18.9 Å². The third-order valence-corrected chi connectivity index (χ3v) is 3.12. The van der Waals surface area contributed by atoms with Gasteiger partial charge < -0.3 is 20.6 Å². The summed E-state index contributed by atoms with van der Waals surface area (Å²) in [7, 11) is 3.96. The number of aliphatic hydroxyl groups is 1. The van der Waals surface area contributed by atoms with Crippen molar-refractivity contribution in [3.8, 4) is 0 Å². The first-order valence-electron chi connectivity index (χ1n) is 7.34. The first kappa shape index (κ1) is 17.3. The zero-order valence-electron chi connectivity index (χ0n) is 13.4. The highest BCUT2D eigenvalue weighted by atomic mass is 16.3. The molecule has 21 heavy (non-hydrogen) atoms. The monoisotopic (exact) mass is 293 g/mol. The van der Waals surface area contributed by atoms with Gasteiger partial charge in [-0.25, -0.2) is 4.79 Å². The van der Waals surface area contributed by atoms with E-state index in [1.54, 1.807) is 0 Å². The van der Waals surface area contributed by atoms with E-state index in [-0.39, 0.29) is 12.6 Å². The number of hydrogen-bond acceptors (Lipinski definition) is 3. The Kier molecular flexibility index (Phi) is 7.02. The number of nitrogens with one attached hydrogen (secondary N) is 2. The molecule has 1 aromatic rings. The van der Waals surface area contributed by atoms with Gasteiger partial charge in [0.2, 0.25) is 0 Å². The van der Waals surface area contributed by atoms with E-state index < -0.39 is 6.10 Å². The average Bonchev–Trinajstić information content (AvgIpc) is 2.42. The maximum Gasteiger partial charge on any atom is 0.315 e. The molecule has 1 atom stereocenters. The molecule has 3 N–H and O–H groups in total. The Morgan fingerprint density at radius 2 is 2.00 bits per heavy atom. The molecule has 1 aromatic carbocycles. The summed E-state index contributed by atoms with van der Waals surface area (Å²) in [5, 5.41) is 15.2. The van der Waals surface area contributed by atoms with Crippen LogP contribution in [-0.2, 0) is 6.54 Å². The standard InChI is InChI=1S/C16H27N3O2/c1-12(2)8-15(20)11-18-16(21)17-10-13-6-5-7-14(9-13)19(3)4/h5-7,9,12,15,20H,8,10-11H2,1-4H3,(H2,17,18,21). The smallest absolute Gasteiger partial charge is 0.315 e. The fourth-order valence-corrected chi connectivity index (χ4v) is 2.03. The van der Waals surface area contributed by atoms with Crippen LogP contribution in [0.25, 0.3) is 0 Å². The molecule has 2 amide bonds. The Labute approximate surface area is 127 Å². The van der Waals surface area contributed by atoms with E-state index in [1.807, 2.05) is 57.1 Å². The van der Waals surface area contributed by atoms with E-state index in [2.05, 4.69) is 10.6 Å². The Morgan fingerprint density at radius 3 is 2.62 bits per heavy atom. The van der Waals surface area contributed by atoms with Gasteiger partial charge in [-0.3, -0.25) is 0 Å². The minimum Gasteiger partial charge on any atom is -0.391 e. The van der Waals surface area contributed by atoms with Crippen LogP contribution in [0.1, 0.15) is 25.8 Å². The van der Waals surface area contributed by atoms with E-state index in [0.717, 1.165) is 11.3 Å². The lowest BCUT2D eigenvalue weighted by Crippen LogP contribution is -2.39. The number of hydrogen-bond donors (Lipinski definition) is 3. The van der Waals surface area contributed by atoms with Crippen LogP contribution in [0, 0.1) is 5.92 Å². The summed E-state index contributed by atoms with van der Waals surface area (Å²) < 4.78 is 0. The number of anilines is 1. The number of urea groups is 1. The third kappa shape index (κ3) is 6.99. The number of rotatable bonds is 7. The molecule has 1 rings (SSSR count). The number of amides is 2. The molecule has 0 saturated heterocycles. The highest BCUT2D eigenvalue weighted by molar-refractivity contribution is 5.73. The molecule has 0 heterocycles. The summed E-state index contributed by atoms with van der Waals surface area (Å²) >= 11 is 0. The molecule has 0 aliphatic rings. The number of nitrogens with zero attached hydrogens (tertiary/aromatic N) is 1. The van der Waals surface area contributed by atoms with E-state index >= 15 is 0 Å². The van der Waals surface area contributed by atoms with Gasteiger partial charge in [-0.1, -0.05) is 26.0 Å². The highest BCUT2D eigenvalue weighted by Gasteiger charge is 2.08. The fourth-order valence-electron chi connectivity index (χ4n) is 2.03. The Morgan fingerprint density at radius 1 is 1.29 bits per heavy atom. The molecule has 0 aromatic heterocycles. The zero-order chi connectivity index (χ0) is 15.8. The lowest BCUT2D eigenvalue weighted by molar-refractivity contribution is 0.147. The minimum atomic E-state index is -0.493. The third-order valence-electron chi connectivity index (χ3n) is 3.12. The lowest BCUT2D eigenvalue weighted by Gasteiger charge is -2.15. The lowest BCUT2D eigenvalue weighted by atomic mass is 10.1. The van der Waals surface area contributed by atoms with Crippen molar-refractivity contribution in [2.24, 2.45) is 5.92 Å². The zero-order valence-corrected chi connectivity index (χ0v) is 13.4. The summed E-state index contributed by atoms with van der Waals surface area (Å²) in [6, 6.07) is 7.74. The second-order valence-electron chi connectivity index (χ2n) is 5.91. The van der Waals surface area contributed by atoms with Gasteiger partial charge in [-0.2, -0.15) is 0 Å². The van der Waals surface area contributed by atoms with Crippen molar-refractivity contribution >= 4 is 11.7 Å². The Hall–Kier alpha value is -1.75. The molecule has 0 saturated carbocycles. The van der Waals surface area contributed by atoms with Gasteiger partial charge in [0, 0.05) is 32.9 Å². The van der Waals surface area contributed by atoms with Gasteiger partial charge in [0.05, 0.1) is 6.10 Å². The number of aliphatic hydroxyl groups excluding tert-OH is 1. The van der Waals surface area contributed by atoms with Gasteiger partial charge in [-0.15, -0.1) is 0 Å². The van der Waals surface area contributed by atoms with Crippen LogP contribution in [-0.4, -0.2) is 37.9 Å². The van der Waals surface area contributed by atoms with E-state index in [1.165, 1.54) is 0 Å². The molecule has 1 unspecified atom stereocenters. The van der Waals surface area contributed by atoms with Crippen LogP contribution in [0.2, 0.25) is 0 Å². The minimum absolute atomic E-state index is 0.256. The van der Waals surface area contributed by atoms with E-state index in [4.69, 9.17) is 0 Å². The van der Waals surface area contributed by atoms with Gasteiger partial charge in [0.25, 0.3) is 0 Å². The molecule has 5 nitrogen and oxygen atoms in total. The molecular weight excluding hydrogens is 266 g/mol. The first-order chi connectivity index (χ1) is 9.88. The van der Waals surface area contributed by atoms with Crippen LogP contribution >= 0.6 is 0 Å². The van der Waals surface area contributed by atoms with Gasteiger partial charge in [0.15, 0.2) is 0 Å². The topological polar surface area (TPSA) is 64.6 Å². The van der Waals surface area contributed by atoms with Gasteiger partial charge in [0.1, 0.15) is 0 Å². The van der Waals surface area contributed by atoms with Crippen LogP contribution in [0.15, 0.2) is 24.3 Å². The van der Waals surface area contributed by atoms with Crippen molar-refractivity contribution < 1.29 is 9.90 Å². The van der Waals surface area contributed by atoms with Crippen molar-refractivity contribution in [3.05, 3.63) is 29.8 Å². The Balaban J connectivity index is 2.34. The normalized spacial score (nSPS) is 12.1. The highest BCUT2D eigenvalue weighted by Crippen LogP contribution is 2.13. The summed E-state index contributed by atoms with van der Waals surface area (Å²) in [4.78, 5) is 13.7. The summed E-state index contributed by atoms with van der Waals surface area (Å²) in [6.07, 6.45) is 0.193. The maximum absolute atomic E-state index is 11.7. The van der Waals surface area contributed by atoms with Crippen molar-refractivity contribution in [2.75, 3.05) is 25.5 Å². The molecule has 0 fully saturated rings. The van der Waals surface area contributed by atoms with Crippen LogP contribution < -0.4 is 15.5 Å². The quantitative estimate of drug-likeness (QED) is 0.720. The molecule has 5 heteroatoms. The molecular formula is C16H27N3O2. The van der Waals surface area contributed by atoms with Crippen molar-refractivity contribution in [2.45, 2.75) is 32.9 Å². The maximum atomic E-state index is 11.7. The van der Waals surface area contributed by atoms with Gasteiger partial charge >= 0.3 is 6.03 Å². The molecule has 118 valence electrons. The second-order valence-corrected chi connectivity index (χ2v) is 5.91. The predicted molar refractivity (Wildman–Crippen MR) is 86.5 cm³/mol. The molecule has 0 aliphatic heterocycles. The summed E-state index contributed by atoms with van der Waals surface area (Å²) in [5.41, 5.74) is 2.14. The predicted octanol–water partition coefficient (Wildman–Crippen LogP) is 1.96. The first-order valence-corrected chi connectivity index (χ1v) is 7.34. The number of benzene rings is 1. The van der Waals surface area contributed by atoms with Crippen LogP contribution in [0.5, 0.6) is 0 Å². The van der Waals surface area contributed by atoms with Crippen molar-refractivity contribution in [1.82, 2.24) is 10.6 Å². The number of carbonyl (C=O) groups is 1. The Bertz CT molecular complexity index is 447. The van der Waals surface area contributed by atoms with Crippen LogP contribution in [0.3, 0.4) is 0 Å². The SMILES string of the molecule is CC(C)CC(O)CNC(=O)NCc1cccc(N(C)C)c1. The molecule has 0 aliphatic carbocycles. The fraction of sp³-hybridized carbons (Fsp3) is 0.562. The second kappa shape index (κ2) is 8.52. The largest absolute Gasteiger partial charge is 0.391 e. The van der Waals surface area contributed by atoms with E-state index in [9.17, 15) is 9.90 Å². The number of carbonyl (C=O) groups excluding carboxylic acids is 1. The summed E-state index contributed by atoms with van der Waals surface area (Å²) in [5.74, 6) is 0.415. The summed E-state index contributed by atoms with van der Waals surface area (Å²) in [6.45, 7) is 4.83.